The number of H-pyrrole nitrogens is 1. The molecule has 0 bridgehead atoms. The minimum atomic E-state index is -0.262. The van der Waals surface area contributed by atoms with Crippen LogP contribution in [0, 0.1) is 0 Å². The molecule has 134 valence electrons. The van der Waals surface area contributed by atoms with Gasteiger partial charge < -0.3 is 5.73 Å². The minimum Gasteiger partial charge on any atom is -0.396 e. The zero-order valence-corrected chi connectivity index (χ0v) is 15.6. The van der Waals surface area contributed by atoms with Crippen LogP contribution in [0.25, 0.3) is 22.5 Å². The van der Waals surface area contributed by atoms with E-state index in [4.69, 9.17) is 5.73 Å². The number of tetrazole rings is 1. The predicted molar refractivity (Wildman–Crippen MR) is 105 cm³/mol. The maximum atomic E-state index is 12.2. The zero-order chi connectivity index (χ0) is 18.8. The first kappa shape index (κ1) is 17.1. The Morgan fingerprint density at radius 2 is 1.81 bits per heavy atom. The van der Waals surface area contributed by atoms with Crippen molar-refractivity contribution in [1.29, 1.82) is 0 Å². The molecule has 0 fully saturated rings. The van der Waals surface area contributed by atoms with Gasteiger partial charge >= 0.3 is 0 Å². The van der Waals surface area contributed by atoms with Gasteiger partial charge in [0, 0.05) is 5.56 Å². The van der Waals surface area contributed by atoms with E-state index in [1.807, 2.05) is 48.5 Å². The number of anilines is 1. The Balaban J connectivity index is 1.65. The summed E-state index contributed by atoms with van der Waals surface area (Å²) in [4.78, 5) is 12.2. The van der Waals surface area contributed by atoms with Crippen molar-refractivity contribution in [3.05, 3.63) is 75.1 Å². The third-order valence-electron chi connectivity index (χ3n) is 4.12. The summed E-state index contributed by atoms with van der Waals surface area (Å²) in [5.74, 6) is 0.539. The SMILES string of the molecule is Nc1cnn(Cc2ccc(-c3ccccc3-c3nn[nH]n3)cc2)c(=O)c1Br. The van der Waals surface area contributed by atoms with E-state index in [1.54, 1.807) is 0 Å². The van der Waals surface area contributed by atoms with Crippen molar-refractivity contribution < 1.29 is 0 Å². The minimum absolute atomic E-state index is 0.262. The summed E-state index contributed by atoms with van der Waals surface area (Å²) < 4.78 is 1.69. The lowest BCUT2D eigenvalue weighted by Gasteiger charge is -2.09. The number of aromatic amines is 1. The molecule has 9 heteroatoms. The molecular weight excluding hydrogens is 410 g/mol. The number of hydrogen-bond donors (Lipinski definition) is 2. The molecule has 2 heterocycles. The zero-order valence-electron chi connectivity index (χ0n) is 14.0. The third-order valence-corrected chi connectivity index (χ3v) is 4.92. The van der Waals surface area contributed by atoms with E-state index in [-0.39, 0.29) is 5.56 Å². The number of aromatic nitrogens is 6. The van der Waals surface area contributed by atoms with Crippen molar-refractivity contribution in [3.63, 3.8) is 0 Å². The van der Waals surface area contributed by atoms with Gasteiger partial charge in [0.2, 0.25) is 5.82 Å². The van der Waals surface area contributed by atoms with Crippen LogP contribution in [0.1, 0.15) is 5.56 Å². The number of nitrogen functional groups attached to an aromatic ring is 1. The van der Waals surface area contributed by atoms with Crippen LogP contribution in [0.2, 0.25) is 0 Å². The van der Waals surface area contributed by atoms with E-state index < -0.39 is 0 Å². The standard InChI is InChI=1S/C18H14BrN7O/c19-16-15(20)9-21-26(18(16)27)10-11-5-7-12(8-6-11)13-3-1-2-4-14(13)17-22-24-25-23-17/h1-9H,10,20H2,(H,22,23,24,25). The maximum Gasteiger partial charge on any atom is 0.283 e. The van der Waals surface area contributed by atoms with Gasteiger partial charge in [-0.2, -0.15) is 10.3 Å². The van der Waals surface area contributed by atoms with Crippen molar-refractivity contribution in [2.45, 2.75) is 6.54 Å². The molecule has 0 atom stereocenters. The average molecular weight is 424 g/mol. The van der Waals surface area contributed by atoms with Crippen molar-refractivity contribution in [1.82, 2.24) is 30.4 Å². The van der Waals surface area contributed by atoms with E-state index in [9.17, 15) is 4.79 Å². The monoisotopic (exact) mass is 423 g/mol. The number of hydrogen-bond acceptors (Lipinski definition) is 6. The molecular formula is C18H14BrN7O. The fourth-order valence-electron chi connectivity index (χ4n) is 2.76. The summed E-state index contributed by atoms with van der Waals surface area (Å²) in [5, 5.41) is 18.3. The lowest BCUT2D eigenvalue weighted by molar-refractivity contribution is 0.637. The van der Waals surface area contributed by atoms with E-state index in [0.29, 0.717) is 22.5 Å². The van der Waals surface area contributed by atoms with Gasteiger partial charge in [-0.15, -0.1) is 10.2 Å². The molecule has 0 saturated carbocycles. The highest BCUT2D eigenvalue weighted by Crippen LogP contribution is 2.29. The van der Waals surface area contributed by atoms with Crippen LogP contribution in [0.15, 0.2) is 64.0 Å². The van der Waals surface area contributed by atoms with E-state index in [0.717, 1.165) is 22.3 Å². The number of benzene rings is 2. The molecule has 2 aromatic heterocycles. The van der Waals surface area contributed by atoms with Crippen LogP contribution >= 0.6 is 15.9 Å². The molecule has 0 aliphatic rings. The normalized spacial score (nSPS) is 10.9. The van der Waals surface area contributed by atoms with Crippen LogP contribution in [0.3, 0.4) is 0 Å². The van der Waals surface area contributed by atoms with E-state index in [1.165, 1.54) is 10.9 Å². The molecule has 0 radical (unpaired) electrons. The second-order valence-corrected chi connectivity index (χ2v) is 6.65. The second-order valence-electron chi connectivity index (χ2n) is 5.85. The van der Waals surface area contributed by atoms with Crippen LogP contribution in [-0.2, 0) is 6.54 Å². The first-order valence-corrected chi connectivity index (χ1v) is 8.86. The van der Waals surface area contributed by atoms with Gasteiger partial charge in [0.15, 0.2) is 0 Å². The number of nitrogens with two attached hydrogens (primary N) is 1. The highest BCUT2D eigenvalue weighted by atomic mass is 79.9. The summed E-state index contributed by atoms with van der Waals surface area (Å²) in [6.45, 7) is 0.352. The Kier molecular flexibility index (Phi) is 4.51. The van der Waals surface area contributed by atoms with Gasteiger partial charge in [-0.25, -0.2) is 4.68 Å². The van der Waals surface area contributed by atoms with Crippen LogP contribution < -0.4 is 11.3 Å². The first-order valence-electron chi connectivity index (χ1n) is 8.07. The number of halogens is 1. The lowest BCUT2D eigenvalue weighted by atomic mass is 9.98. The fraction of sp³-hybridized carbons (Fsp3) is 0.0556. The van der Waals surface area contributed by atoms with Crippen molar-refractivity contribution in [2.24, 2.45) is 0 Å². The summed E-state index contributed by atoms with van der Waals surface area (Å²) in [6, 6.07) is 15.7. The Morgan fingerprint density at radius 3 is 2.52 bits per heavy atom. The molecule has 4 rings (SSSR count). The molecule has 0 unspecified atom stereocenters. The molecule has 0 saturated heterocycles. The van der Waals surface area contributed by atoms with Crippen LogP contribution in [0.4, 0.5) is 5.69 Å². The highest BCUT2D eigenvalue weighted by Gasteiger charge is 2.11. The molecule has 0 spiro atoms. The molecule has 4 aromatic rings. The molecule has 0 aliphatic carbocycles. The fourth-order valence-corrected chi connectivity index (χ4v) is 3.07. The van der Waals surface area contributed by atoms with Gasteiger partial charge in [0.05, 0.1) is 18.4 Å². The summed E-state index contributed by atoms with van der Waals surface area (Å²) >= 11 is 3.19. The molecule has 0 aliphatic heterocycles. The van der Waals surface area contributed by atoms with Crippen LogP contribution in [-0.4, -0.2) is 30.4 Å². The lowest BCUT2D eigenvalue weighted by Crippen LogP contribution is -2.24. The van der Waals surface area contributed by atoms with Gasteiger partial charge in [0.1, 0.15) is 4.47 Å². The van der Waals surface area contributed by atoms with Gasteiger partial charge in [-0.05, 0) is 37.8 Å². The summed E-state index contributed by atoms with van der Waals surface area (Å²) in [7, 11) is 0. The second kappa shape index (κ2) is 7.12. The van der Waals surface area contributed by atoms with Gasteiger partial charge in [-0.1, -0.05) is 48.5 Å². The van der Waals surface area contributed by atoms with Crippen LogP contribution in [0.5, 0.6) is 0 Å². The molecule has 2 aromatic carbocycles. The first-order chi connectivity index (χ1) is 13.1. The maximum absolute atomic E-state index is 12.2. The largest absolute Gasteiger partial charge is 0.396 e. The van der Waals surface area contributed by atoms with Gasteiger partial charge in [0.25, 0.3) is 5.56 Å². The summed E-state index contributed by atoms with van der Waals surface area (Å²) in [5.41, 5.74) is 9.59. The van der Waals surface area contributed by atoms with E-state index in [2.05, 4.69) is 41.7 Å². The molecule has 0 amide bonds. The molecule has 8 nitrogen and oxygen atoms in total. The van der Waals surface area contributed by atoms with Crippen molar-refractivity contribution in [3.8, 4) is 22.5 Å². The average Bonchev–Trinajstić information content (AvgIpc) is 3.24. The Bertz CT molecular complexity index is 1140. The van der Waals surface area contributed by atoms with Crippen molar-refractivity contribution in [2.75, 3.05) is 5.73 Å². The third kappa shape index (κ3) is 3.36. The quantitative estimate of drug-likeness (QED) is 0.520. The summed E-state index contributed by atoms with van der Waals surface area (Å²) in [6.07, 6.45) is 1.46. The van der Waals surface area contributed by atoms with E-state index >= 15 is 0 Å². The smallest absolute Gasteiger partial charge is 0.283 e. The number of rotatable bonds is 4. The Labute approximate surface area is 162 Å². The molecule has 3 N–H and O–H groups in total. The Morgan fingerprint density at radius 1 is 1.07 bits per heavy atom. The number of nitrogens with zero attached hydrogens (tertiary/aromatic N) is 5. The Hall–Kier alpha value is -3.33. The number of nitrogens with one attached hydrogen (secondary N) is 1. The van der Waals surface area contributed by atoms with Gasteiger partial charge in [-0.3, -0.25) is 4.79 Å². The highest BCUT2D eigenvalue weighted by molar-refractivity contribution is 9.10. The predicted octanol–water partition coefficient (Wildman–Crippen LogP) is 2.48. The topological polar surface area (TPSA) is 115 Å². The van der Waals surface area contributed by atoms with Crippen molar-refractivity contribution >= 4 is 21.6 Å². The molecule has 27 heavy (non-hydrogen) atoms.